The Labute approximate surface area is 134 Å². The second-order valence-corrected chi connectivity index (χ2v) is 4.69. The molecule has 0 saturated heterocycles. The van der Waals surface area contributed by atoms with Gasteiger partial charge in [0, 0.05) is 6.54 Å². The summed E-state index contributed by atoms with van der Waals surface area (Å²) >= 11 is 0. The van der Waals surface area contributed by atoms with E-state index in [9.17, 15) is 4.79 Å². The summed E-state index contributed by atoms with van der Waals surface area (Å²) in [7, 11) is 0. The van der Waals surface area contributed by atoms with Gasteiger partial charge in [-0.05, 0) is 18.6 Å². The van der Waals surface area contributed by atoms with Crippen molar-refractivity contribution < 1.29 is 9.53 Å². The van der Waals surface area contributed by atoms with Gasteiger partial charge in [-0.15, -0.1) is 0 Å². The van der Waals surface area contributed by atoms with Crippen molar-refractivity contribution in [2.75, 3.05) is 29.6 Å². The van der Waals surface area contributed by atoms with Gasteiger partial charge in [-0.25, -0.2) is 9.97 Å². The standard InChI is InChI=1S/C15H20N6O2/c1-2-8-17-14-13(16)15(19-10-18-14)21-20-12(22)9-23-11-6-4-3-5-7-11/h3-7,10H,2,8-9,16H2,1H3,(H,20,22)(H2,17,18,19,21). The van der Waals surface area contributed by atoms with E-state index in [-0.39, 0.29) is 12.5 Å². The largest absolute Gasteiger partial charge is 0.484 e. The van der Waals surface area contributed by atoms with Gasteiger partial charge >= 0.3 is 0 Å². The highest BCUT2D eigenvalue weighted by molar-refractivity contribution is 5.81. The Hall–Kier alpha value is -3.03. The molecule has 2 aromatic rings. The maximum atomic E-state index is 11.8. The molecule has 1 aromatic carbocycles. The minimum atomic E-state index is -0.352. The molecule has 0 aliphatic heterocycles. The molecule has 0 unspecified atom stereocenters. The Morgan fingerprint density at radius 3 is 2.70 bits per heavy atom. The minimum Gasteiger partial charge on any atom is -0.484 e. The summed E-state index contributed by atoms with van der Waals surface area (Å²) in [5.41, 5.74) is 11.4. The topological polar surface area (TPSA) is 114 Å². The summed E-state index contributed by atoms with van der Waals surface area (Å²) in [6, 6.07) is 9.08. The van der Waals surface area contributed by atoms with Crippen LogP contribution in [0.5, 0.6) is 5.75 Å². The number of nitrogens with two attached hydrogens (primary N) is 1. The molecule has 0 bridgehead atoms. The molecule has 8 heteroatoms. The Morgan fingerprint density at radius 1 is 1.22 bits per heavy atom. The maximum Gasteiger partial charge on any atom is 0.276 e. The van der Waals surface area contributed by atoms with E-state index in [1.54, 1.807) is 12.1 Å². The summed E-state index contributed by atoms with van der Waals surface area (Å²) in [6.07, 6.45) is 2.31. The zero-order chi connectivity index (χ0) is 16.5. The van der Waals surface area contributed by atoms with E-state index in [1.807, 2.05) is 25.1 Å². The average Bonchev–Trinajstić information content (AvgIpc) is 2.59. The van der Waals surface area contributed by atoms with Gasteiger partial charge in [-0.3, -0.25) is 15.6 Å². The normalized spacial score (nSPS) is 9.96. The highest BCUT2D eigenvalue weighted by Crippen LogP contribution is 2.21. The number of nitrogens with zero attached hydrogens (tertiary/aromatic N) is 2. The minimum absolute atomic E-state index is 0.122. The number of ether oxygens (including phenoxy) is 1. The molecular weight excluding hydrogens is 296 g/mol. The van der Waals surface area contributed by atoms with Gasteiger partial charge in [0.15, 0.2) is 18.2 Å². The van der Waals surface area contributed by atoms with Gasteiger partial charge in [0.25, 0.3) is 5.91 Å². The van der Waals surface area contributed by atoms with Crippen LogP contribution in [0.1, 0.15) is 13.3 Å². The fourth-order valence-electron chi connectivity index (χ4n) is 1.71. The predicted octanol–water partition coefficient (Wildman–Crippen LogP) is 1.40. The zero-order valence-electron chi connectivity index (χ0n) is 12.9. The maximum absolute atomic E-state index is 11.8. The number of benzene rings is 1. The van der Waals surface area contributed by atoms with Gasteiger partial charge in [-0.2, -0.15) is 0 Å². The first-order valence-corrected chi connectivity index (χ1v) is 7.27. The van der Waals surface area contributed by atoms with Crippen LogP contribution in [0.25, 0.3) is 0 Å². The summed E-state index contributed by atoms with van der Waals surface area (Å²) < 4.78 is 5.33. The van der Waals surface area contributed by atoms with Crippen molar-refractivity contribution in [3.63, 3.8) is 0 Å². The molecule has 0 saturated carbocycles. The first kappa shape index (κ1) is 16.3. The van der Waals surface area contributed by atoms with Crippen molar-refractivity contribution in [2.24, 2.45) is 0 Å². The summed E-state index contributed by atoms with van der Waals surface area (Å²) in [5.74, 6) is 1.12. The van der Waals surface area contributed by atoms with Crippen LogP contribution in [0.4, 0.5) is 17.3 Å². The van der Waals surface area contributed by atoms with Crippen molar-refractivity contribution in [1.82, 2.24) is 15.4 Å². The lowest BCUT2D eigenvalue weighted by molar-refractivity contribution is -0.122. The quantitative estimate of drug-likeness (QED) is 0.544. The fraction of sp³-hybridized carbons (Fsp3) is 0.267. The molecule has 0 aliphatic carbocycles. The number of aromatic nitrogens is 2. The molecule has 23 heavy (non-hydrogen) atoms. The number of amides is 1. The molecular formula is C15H20N6O2. The van der Waals surface area contributed by atoms with Gasteiger partial charge in [0.2, 0.25) is 0 Å². The molecule has 0 atom stereocenters. The van der Waals surface area contributed by atoms with E-state index < -0.39 is 0 Å². The molecule has 2 rings (SSSR count). The van der Waals surface area contributed by atoms with Gasteiger partial charge in [0.1, 0.15) is 17.8 Å². The lowest BCUT2D eigenvalue weighted by Gasteiger charge is -2.13. The van der Waals surface area contributed by atoms with Crippen molar-refractivity contribution >= 4 is 23.2 Å². The van der Waals surface area contributed by atoms with Crippen molar-refractivity contribution in [2.45, 2.75) is 13.3 Å². The Morgan fingerprint density at radius 2 is 1.96 bits per heavy atom. The monoisotopic (exact) mass is 316 g/mol. The average molecular weight is 316 g/mol. The molecule has 0 spiro atoms. The third-order valence-electron chi connectivity index (χ3n) is 2.86. The Balaban J connectivity index is 1.84. The number of hydrazine groups is 1. The second-order valence-electron chi connectivity index (χ2n) is 4.69. The molecule has 5 N–H and O–H groups in total. The fourth-order valence-corrected chi connectivity index (χ4v) is 1.71. The predicted molar refractivity (Wildman–Crippen MR) is 88.9 cm³/mol. The molecule has 0 aliphatic rings. The number of anilines is 3. The van der Waals surface area contributed by atoms with Crippen molar-refractivity contribution in [1.29, 1.82) is 0 Å². The lowest BCUT2D eigenvalue weighted by Crippen LogP contribution is -2.34. The van der Waals surface area contributed by atoms with Crippen LogP contribution in [0.15, 0.2) is 36.7 Å². The SMILES string of the molecule is CCCNc1ncnc(NNC(=O)COc2ccccc2)c1N. The Bertz CT molecular complexity index is 635. The molecule has 0 fully saturated rings. The van der Waals surface area contributed by atoms with Gasteiger partial charge < -0.3 is 15.8 Å². The van der Waals surface area contributed by atoms with Crippen molar-refractivity contribution in [3.05, 3.63) is 36.7 Å². The van der Waals surface area contributed by atoms with Gasteiger partial charge in [0.05, 0.1) is 0 Å². The van der Waals surface area contributed by atoms with E-state index in [0.29, 0.717) is 23.1 Å². The number of para-hydroxylation sites is 1. The van der Waals surface area contributed by atoms with Crippen LogP contribution in [0.3, 0.4) is 0 Å². The van der Waals surface area contributed by atoms with Crippen LogP contribution in [-0.4, -0.2) is 29.0 Å². The van der Waals surface area contributed by atoms with Gasteiger partial charge in [-0.1, -0.05) is 25.1 Å². The Kier molecular flexibility index (Phi) is 5.98. The number of rotatable bonds is 8. The third kappa shape index (κ3) is 5.03. The summed E-state index contributed by atoms with van der Waals surface area (Å²) in [4.78, 5) is 19.8. The number of carbonyl (C=O) groups is 1. The first-order chi connectivity index (χ1) is 11.2. The zero-order valence-corrected chi connectivity index (χ0v) is 12.9. The number of hydrogen-bond acceptors (Lipinski definition) is 7. The van der Waals surface area contributed by atoms with E-state index in [2.05, 4.69) is 26.1 Å². The first-order valence-electron chi connectivity index (χ1n) is 7.27. The molecule has 1 amide bonds. The number of hydrogen-bond donors (Lipinski definition) is 4. The molecule has 0 radical (unpaired) electrons. The van der Waals surface area contributed by atoms with Crippen molar-refractivity contribution in [3.8, 4) is 5.75 Å². The summed E-state index contributed by atoms with van der Waals surface area (Å²) in [5, 5.41) is 3.08. The van der Waals surface area contributed by atoms with Crippen LogP contribution < -0.4 is 26.6 Å². The molecule has 1 aromatic heterocycles. The highest BCUT2D eigenvalue weighted by Gasteiger charge is 2.09. The van der Waals surface area contributed by atoms with Crippen LogP contribution >= 0.6 is 0 Å². The second kappa shape index (κ2) is 8.42. The van der Waals surface area contributed by atoms with Crippen LogP contribution in [0.2, 0.25) is 0 Å². The lowest BCUT2D eigenvalue weighted by atomic mass is 10.3. The highest BCUT2D eigenvalue weighted by atomic mass is 16.5. The van der Waals surface area contributed by atoms with E-state index in [0.717, 1.165) is 13.0 Å². The van der Waals surface area contributed by atoms with E-state index >= 15 is 0 Å². The molecule has 8 nitrogen and oxygen atoms in total. The number of nitrogen functional groups attached to an aromatic ring is 1. The number of carbonyl (C=O) groups excluding carboxylic acids is 1. The summed E-state index contributed by atoms with van der Waals surface area (Å²) in [6.45, 7) is 2.66. The van der Waals surface area contributed by atoms with Crippen LogP contribution in [0, 0.1) is 0 Å². The molecule has 122 valence electrons. The van der Waals surface area contributed by atoms with Crippen LogP contribution in [-0.2, 0) is 4.79 Å². The smallest absolute Gasteiger partial charge is 0.276 e. The van der Waals surface area contributed by atoms with E-state index in [1.165, 1.54) is 6.33 Å². The van der Waals surface area contributed by atoms with E-state index in [4.69, 9.17) is 10.5 Å². The number of nitrogens with one attached hydrogen (secondary N) is 3. The molecule has 1 heterocycles. The third-order valence-corrected chi connectivity index (χ3v) is 2.86.